The Labute approximate surface area is 151 Å². The van der Waals surface area contributed by atoms with Gasteiger partial charge in [0.05, 0.1) is 10.6 Å². The van der Waals surface area contributed by atoms with Crippen molar-refractivity contribution in [1.82, 2.24) is 9.78 Å². The SMILES string of the molecule is Cc1cc(NC(=O)c2cc(COc3ccccc3)cs2)n(C(C)C)n1. The van der Waals surface area contributed by atoms with Crippen LogP contribution in [0.4, 0.5) is 5.82 Å². The summed E-state index contributed by atoms with van der Waals surface area (Å²) in [5, 5.41) is 9.30. The molecule has 0 radical (unpaired) electrons. The summed E-state index contributed by atoms with van der Waals surface area (Å²) >= 11 is 1.41. The molecule has 0 aliphatic carbocycles. The third-order valence-corrected chi connectivity index (χ3v) is 4.59. The monoisotopic (exact) mass is 355 g/mol. The summed E-state index contributed by atoms with van der Waals surface area (Å²) in [4.78, 5) is 13.2. The first-order valence-corrected chi connectivity index (χ1v) is 9.03. The van der Waals surface area contributed by atoms with Crippen LogP contribution in [0.15, 0.2) is 47.8 Å². The third kappa shape index (κ3) is 4.28. The van der Waals surface area contributed by atoms with Gasteiger partial charge in [0.2, 0.25) is 0 Å². The number of nitrogens with zero attached hydrogens (tertiary/aromatic N) is 2. The van der Waals surface area contributed by atoms with E-state index < -0.39 is 0 Å². The molecule has 0 saturated heterocycles. The number of aromatic nitrogens is 2. The van der Waals surface area contributed by atoms with Crippen LogP contribution in [0.3, 0.4) is 0 Å². The maximum absolute atomic E-state index is 12.5. The Morgan fingerprint density at radius 1 is 1.28 bits per heavy atom. The number of carbonyl (C=O) groups excluding carboxylic acids is 1. The number of nitrogens with one attached hydrogen (secondary N) is 1. The molecule has 0 bridgehead atoms. The summed E-state index contributed by atoms with van der Waals surface area (Å²) in [5.74, 6) is 1.40. The lowest BCUT2D eigenvalue weighted by molar-refractivity contribution is 0.102. The normalized spacial score (nSPS) is 10.9. The van der Waals surface area contributed by atoms with Crippen LogP contribution in [0.2, 0.25) is 0 Å². The van der Waals surface area contributed by atoms with E-state index in [9.17, 15) is 4.79 Å². The highest BCUT2D eigenvalue weighted by Gasteiger charge is 2.14. The molecule has 25 heavy (non-hydrogen) atoms. The van der Waals surface area contributed by atoms with E-state index in [2.05, 4.69) is 10.4 Å². The van der Waals surface area contributed by atoms with Crippen LogP contribution >= 0.6 is 11.3 Å². The Kier molecular flexibility index (Phi) is 5.19. The maximum Gasteiger partial charge on any atom is 0.266 e. The van der Waals surface area contributed by atoms with E-state index in [0.717, 1.165) is 17.0 Å². The number of aryl methyl sites for hydroxylation is 1. The van der Waals surface area contributed by atoms with E-state index in [1.807, 2.05) is 73.3 Å². The van der Waals surface area contributed by atoms with Crippen molar-refractivity contribution in [2.45, 2.75) is 33.4 Å². The van der Waals surface area contributed by atoms with Gasteiger partial charge >= 0.3 is 0 Å². The molecular formula is C19H21N3O2S. The molecule has 1 aromatic carbocycles. The molecule has 0 unspecified atom stereocenters. The van der Waals surface area contributed by atoms with Crippen LogP contribution < -0.4 is 10.1 Å². The van der Waals surface area contributed by atoms with Crippen LogP contribution in [0, 0.1) is 6.92 Å². The molecule has 0 aliphatic rings. The number of hydrogen-bond acceptors (Lipinski definition) is 4. The van der Waals surface area contributed by atoms with Crippen molar-refractivity contribution < 1.29 is 9.53 Å². The number of hydrogen-bond donors (Lipinski definition) is 1. The van der Waals surface area contributed by atoms with Crippen LogP contribution in [0.25, 0.3) is 0 Å². The zero-order valence-corrected chi connectivity index (χ0v) is 15.3. The first-order valence-electron chi connectivity index (χ1n) is 8.15. The zero-order valence-electron chi connectivity index (χ0n) is 14.5. The topological polar surface area (TPSA) is 56.1 Å². The number of ether oxygens (including phenoxy) is 1. The molecule has 0 spiro atoms. The van der Waals surface area contributed by atoms with Gasteiger partial charge in [-0.2, -0.15) is 5.10 Å². The van der Waals surface area contributed by atoms with Gasteiger partial charge in [-0.15, -0.1) is 11.3 Å². The maximum atomic E-state index is 12.5. The van der Waals surface area contributed by atoms with E-state index in [4.69, 9.17) is 4.74 Å². The summed E-state index contributed by atoms with van der Waals surface area (Å²) in [5.41, 5.74) is 1.86. The number of thiophene rings is 1. The summed E-state index contributed by atoms with van der Waals surface area (Å²) in [6.07, 6.45) is 0. The van der Waals surface area contributed by atoms with Gasteiger partial charge in [0.15, 0.2) is 0 Å². The second kappa shape index (κ2) is 7.53. The average Bonchev–Trinajstić information content (AvgIpc) is 3.20. The lowest BCUT2D eigenvalue weighted by Crippen LogP contribution is -2.15. The molecule has 1 N–H and O–H groups in total. The van der Waals surface area contributed by atoms with Gasteiger partial charge in [-0.05, 0) is 44.4 Å². The minimum atomic E-state index is -0.127. The van der Waals surface area contributed by atoms with Crippen molar-refractivity contribution in [2.24, 2.45) is 0 Å². The Bertz CT molecular complexity index is 853. The fourth-order valence-corrected chi connectivity index (χ4v) is 3.23. The number of amides is 1. The van der Waals surface area contributed by atoms with Crippen molar-refractivity contribution in [3.8, 4) is 5.75 Å². The fourth-order valence-electron chi connectivity index (χ4n) is 2.44. The molecule has 1 amide bonds. The van der Waals surface area contributed by atoms with E-state index in [-0.39, 0.29) is 11.9 Å². The highest BCUT2D eigenvalue weighted by atomic mass is 32.1. The van der Waals surface area contributed by atoms with Gasteiger partial charge in [0.25, 0.3) is 5.91 Å². The molecule has 2 aromatic heterocycles. The molecule has 0 atom stereocenters. The van der Waals surface area contributed by atoms with Gasteiger partial charge in [0, 0.05) is 17.7 Å². The van der Waals surface area contributed by atoms with Crippen LogP contribution in [-0.4, -0.2) is 15.7 Å². The molecule has 3 rings (SSSR count). The van der Waals surface area contributed by atoms with Crippen LogP contribution in [-0.2, 0) is 6.61 Å². The number of rotatable bonds is 6. The smallest absolute Gasteiger partial charge is 0.266 e. The molecule has 2 heterocycles. The lowest BCUT2D eigenvalue weighted by atomic mass is 10.3. The van der Waals surface area contributed by atoms with E-state index in [0.29, 0.717) is 17.3 Å². The number of benzene rings is 1. The first kappa shape index (κ1) is 17.2. The van der Waals surface area contributed by atoms with E-state index >= 15 is 0 Å². The van der Waals surface area contributed by atoms with E-state index in [1.165, 1.54) is 11.3 Å². The molecule has 0 aliphatic heterocycles. The summed E-state index contributed by atoms with van der Waals surface area (Å²) in [6, 6.07) is 13.6. The minimum absolute atomic E-state index is 0.127. The van der Waals surface area contributed by atoms with Gasteiger partial charge in [-0.25, -0.2) is 4.68 Å². The highest BCUT2D eigenvalue weighted by Crippen LogP contribution is 2.21. The lowest BCUT2D eigenvalue weighted by Gasteiger charge is -2.11. The molecule has 6 heteroatoms. The van der Waals surface area contributed by atoms with Gasteiger partial charge in [0.1, 0.15) is 18.2 Å². The molecule has 130 valence electrons. The fraction of sp³-hybridized carbons (Fsp3) is 0.263. The molecule has 0 fully saturated rings. The molecule has 3 aromatic rings. The average molecular weight is 355 g/mol. The Hall–Kier alpha value is -2.60. The van der Waals surface area contributed by atoms with Crippen molar-refractivity contribution in [3.05, 3.63) is 64.0 Å². The summed E-state index contributed by atoms with van der Waals surface area (Å²) < 4.78 is 7.54. The zero-order chi connectivity index (χ0) is 17.8. The largest absolute Gasteiger partial charge is 0.489 e. The highest BCUT2D eigenvalue weighted by molar-refractivity contribution is 7.12. The predicted molar refractivity (Wildman–Crippen MR) is 100 cm³/mol. The Morgan fingerprint density at radius 2 is 2.04 bits per heavy atom. The molecule has 5 nitrogen and oxygen atoms in total. The third-order valence-electron chi connectivity index (χ3n) is 3.61. The Balaban J connectivity index is 1.65. The summed E-state index contributed by atoms with van der Waals surface area (Å²) in [6.45, 7) is 6.42. The van der Waals surface area contributed by atoms with Crippen molar-refractivity contribution in [2.75, 3.05) is 5.32 Å². The van der Waals surface area contributed by atoms with Crippen molar-refractivity contribution in [3.63, 3.8) is 0 Å². The van der Waals surface area contributed by atoms with Gasteiger partial charge in [-0.3, -0.25) is 4.79 Å². The minimum Gasteiger partial charge on any atom is -0.489 e. The molecule has 0 saturated carbocycles. The second-order valence-electron chi connectivity index (χ2n) is 6.08. The van der Waals surface area contributed by atoms with Gasteiger partial charge < -0.3 is 10.1 Å². The van der Waals surface area contributed by atoms with Gasteiger partial charge in [-0.1, -0.05) is 18.2 Å². The van der Waals surface area contributed by atoms with Crippen LogP contribution in [0.5, 0.6) is 5.75 Å². The number of carbonyl (C=O) groups is 1. The first-order chi connectivity index (χ1) is 12.0. The summed E-state index contributed by atoms with van der Waals surface area (Å²) in [7, 11) is 0. The quantitative estimate of drug-likeness (QED) is 0.699. The number of para-hydroxylation sites is 1. The van der Waals surface area contributed by atoms with Crippen molar-refractivity contribution in [1.29, 1.82) is 0 Å². The Morgan fingerprint density at radius 3 is 2.76 bits per heavy atom. The molecular weight excluding hydrogens is 334 g/mol. The van der Waals surface area contributed by atoms with E-state index in [1.54, 1.807) is 0 Å². The van der Waals surface area contributed by atoms with Crippen molar-refractivity contribution >= 4 is 23.1 Å². The second-order valence-corrected chi connectivity index (χ2v) is 7.00. The standard InChI is InChI=1S/C19H21N3O2S/c1-13(2)22-18(9-14(3)21-22)20-19(23)17-10-15(12-25-17)11-24-16-7-5-4-6-8-16/h4-10,12-13H,11H2,1-3H3,(H,20,23). The predicted octanol–water partition coefficient (Wildman–Crippen LogP) is 4.67. The number of anilines is 1. The van der Waals surface area contributed by atoms with Crippen LogP contribution in [0.1, 0.15) is 40.8 Å².